The molecule has 0 spiro atoms. The minimum Gasteiger partial charge on any atom is -0.378 e. The lowest BCUT2D eigenvalue weighted by atomic mass is 10.1. The Balaban J connectivity index is 2.73. The number of aliphatic hydroxyl groups is 1. The minimum absolute atomic E-state index is 0.647. The zero-order valence-corrected chi connectivity index (χ0v) is 5.81. The molecule has 1 nitrogen and oxygen atoms in total. The van der Waals surface area contributed by atoms with Crippen LogP contribution < -0.4 is 0 Å². The number of allylic oxidation sites excluding steroid dienone is 2. The van der Waals surface area contributed by atoms with Gasteiger partial charge in [0.05, 0.1) is 0 Å². The first-order chi connectivity index (χ1) is 4.30. The molecular formula is C7H8OS. The van der Waals surface area contributed by atoms with Crippen molar-refractivity contribution in [1.82, 2.24) is 0 Å². The van der Waals surface area contributed by atoms with Crippen LogP contribution in [-0.4, -0.2) is 10.5 Å². The lowest BCUT2D eigenvalue weighted by Crippen LogP contribution is -1.99. The summed E-state index contributed by atoms with van der Waals surface area (Å²) in [7, 11) is 0. The van der Waals surface area contributed by atoms with Crippen LogP contribution in [0.2, 0.25) is 0 Å². The summed E-state index contributed by atoms with van der Waals surface area (Å²) in [4.78, 5) is 0. The fraction of sp³-hybridized carbons (Fsp3) is 0.286. The molecule has 0 aromatic carbocycles. The third-order valence-electron chi connectivity index (χ3n) is 1.15. The highest BCUT2D eigenvalue weighted by Gasteiger charge is 2.02. The normalized spacial score (nSPS) is 19.6. The van der Waals surface area contributed by atoms with Crippen LogP contribution in [0.1, 0.15) is 6.42 Å². The zero-order chi connectivity index (χ0) is 6.69. The molecule has 0 bridgehead atoms. The van der Waals surface area contributed by atoms with Crippen LogP contribution >= 0.6 is 12.6 Å². The van der Waals surface area contributed by atoms with Gasteiger partial charge in [0.25, 0.3) is 0 Å². The molecule has 1 aliphatic rings. The third-order valence-corrected chi connectivity index (χ3v) is 1.46. The van der Waals surface area contributed by atoms with Gasteiger partial charge in [0, 0.05) is 5.57 Å². The van der Waals surface area contributed by atoms with Gasteiger partial charge < -0.3 is 5.11 Å². The van der Waals surface area contributed by atoms with Crippen molar-refractivity contribution in [3.63, 3.8) is 0 Å². The Hall–Kier alpha value is -0.430. The average molecular weight is 140 g/mol. The molecule has 0 aliphatic heterocycles. The predicted octanol–water partition coefficient (Wildman–Crippen LogP) is 1.28. The number of thiol groups is 1. The molecule has 1 atom stereocenters. The molecule has 2 heteroatoms. The van der Waals surface area contributed by atoms with E-state index in [9.17, 15) is 0 Å². The van der Waals surface area contributed by atoms with Crippen molar-refractivity contribution in [2.24, 2.45) is 0 Å². The second-order valence-corrected chi connectivity index (χ2v) is 2.33. The van der Waals surface area contributed by atoms with Gasteiger partial charge >= 0.3 is 0 Å². The minimum atomic E-state index is -0.647. The van der Waals surface area contributed by atoms with Crippen molar-refractivity contribution in [3.05, 3.63) is 29.5 Å². The van der Waals surface area contributed by atoms with E-state index in [0.717, 1.165) is 12.0 Å². The van der Waals surface area contributed by atoms with Crippen molar-refractivity contribution in [3.8, 4) is 0 Å². The van der Waals surface area contributed by atoms with Crippen molar-refractivity contribution in [2.75, 3.05) is 0 Å². The summed E-state index contributed by atoms with van der Waals surface area (Å²) in [5.41, 5.74) is 3.08. The molecule has 1 N–H and O–H groups in total. The van der Waals surface area contributed by atoms with E-state index >= 15 is 0 Å². The van der Waals surface area contributed by atoms with Crippen molar-refractivity contribution >= 4 is 12.6 Å². The molecule has 1 aliphatic carbocycles. The average Bonchev–Trinajstić information content (AvgIpc) is 1.90. The van der Waals surface area contributed by atoms with E-state index in [-0.39, 0.29) is 0 Å². The van der Waals surface area contributed by atoms with Gasteiger partial charge in [-0.2, -0.15) is 0 Å². The van der Waals surface area contributed by atoms with Crippen LogP contribution in [0.4, 0.5) is 0 Å². The highest BCUT2D eigenvalue weighted by Crippen LogP contribution is 2.12. The van der Waals surface area contributed by atoms with E-state index in [1.54, 1.807) is 6.08 Å². The molecule has 48 valence electrons. The highest BCUT2D eigenvalue weighted by molar-refractivity contribution is 7.80. The first-order valence-electron chi connectivity index (χ1n) is 2.77. The summed E-state index contributed by atoms with van der Waals surface area (Å²) in [6.45, 7) is 0. The van der Waals surface area contributed by atoms with Crippen LogP contribution in [-0.2, 0) is 0 Å². The Morgan fingerprint density at radius 2 is 2.56 bits per heavy atom. The van der Waals surface area contributed by atoms with Crippen LogP contribution in [0.5, 0.6) is 0 Å². The van der Waals surface area contributed by atoms with E-state index in [4.69, 9.17) is 5.11 Å². The summed E-state index contributed by atoms with van der Waals surface area (Å²) in [5.74, 6) is 0. The summed E-state index contributed by atoms with van der Waals surface area (Å²) < 4.78 is 0. The first kappa shape index (κ1) is 6.69. The molecular weight excluding hydrogens is 132 g/mol. The monoisotopic (exact) mass is 140 g/mol. The van der Waals surface area contributed by atoms with Gasteiger partial charge in [0.2, 0.25) is 0 Å². The smallest absolute Gasteiger partial charge is 0.126 e. The molecule has 0 radical (unpaired) electrons. The maximum atomic E-state index is 8.89. The lowest BCUT2D eigenvalue weighted by Gasteiger charge is -2.04. The summed E-state index contributed by atoms with van der Waals surface area (Å²) >= 11 is 3.84. The third kappa shape index (κ3) is 1.75. The van der Waals surface area contributed by atoms with Crippen LogP contribution in [0.3, 0.4) is 0 Å². The van der Waals surface area contributed by atoms with Crippen molar-refractivity contribution in [2.45, 2.75) is 11.9 Å². The van der Waals surface area contributed by atoms with Gasteiger partial charge in [-0.15, -0.1) is 18.4 Å². The first-order valence-corrected chi connectivity index (χ1v) is 3.29. The van der Waals surface area contributed by atoms with Crippen LogP contribution in [0.15, 0.2) is 29.5 Å². The maximum Gasteiger partial charge on any atom is 0.126 e. The fourth-order valence-corrected chi connectivity index (χ4v) is 0.837. The Morgan fingerprint density at radius 1 is 1.78 bits per heavy atom. The molecule has 0 fully saturated rings. The Labute approximate surface area is 59.8 Å². The van der Waals surface area contributed by atoms with Gasteiger partial charge in [0.1, 0.15) is 5.44 Å². The fourth-order valence-electron chi connectivity index (χ4n) is 0.657. The quantitative estimate of drug-likeness (QED) is 0.319. The number of aliphatic hydroxyl groups excluding tert-OH is 1. The maximum absolute atomic E-state index is 8.89. The Bertz CT molecular complexity index is 185. The van der Waals surface area contributed by atoms with E-state index in [2.05, 4.69) is 18.4 Å². The van der Waals surface area contributed by atoms with Gasteiger partial charge in [-0.25, -0.2) is 0 Å². The molecule has 0 heterocycles. The standard InChI is InChI=1S/C7H8OS/c8-7(9)6-4-2-1-3-5-6/h1-3,7-9H,4H2. The molecule has 1 rings (SSSR count). The van der Waals surface area contributed by atoms with E-state index in [1.165, 1.54) is 0 Å². The van der Waals surface area contributed by atoms with E-state index < -0.39 is 5.44 Å². The summed E-state index contributed by atoms with van der Waals surface area (Å²) in [5, 5.41) is 8.89. The second kappa shape index (κ2) is 2.92. The molecule has 0 saturated carbocycles. The largest absolute Gasteiger partial charge is 0.378 e. The van der Waals surface area contributed by atoms with E-state index in [1.807, 2.05) is 12.2 Å². The SMILES string of the molecule is OC(S)C1=C=CC=CC1. The van der Waals surface area contributed by atoms with Crippen LogP contribution in [0, 0.1) is 0 Å². The van der Waals surface area contributed by atoms with Gasteiger partial charge in [0.15, 0.2) is 0 Å². The summed E-state index contributed by atoms with van der Waals surface area (Å²) in [6.07, 6.45) is 6.41. The number of hydrogen-bond acceptors (Lipinski definition) is 2. The molecule has 0 amide bonds. The predicted molar refractivity (Wildman–Crippen MR) is 40.3 cm³/mol. The zero-order valence-electron chi connectivity index (χ0n) is 4.91. The highest BCUT2D eigenvalue weighted by atomic mass is 32.1. The molecule has 1 unspecified atom stereocenters. The van der Waals surface area contributed by atoms with Gasteiger partial charge in [-0.05, 0) is 12.5 Å². The number of hydrogen-bond donors (Lipinski definition) is 2. The van der Waals surface area contributed by atoms with Crippen molar-refractivity contribution in [1.29, 1.82) is 0 Å². The molecule has 0 aromatic heterocycles. The Kier molecular flexibility index (Phi) is 2.17. The van der Waals surface area contributed by atoms with Crippen molar-refractivity contribution < 1.29 is 5.11 Å². The summed E-state index contributed by atoms with van der Waals surface area (Å²) in [6, 6.07) is 0. The van der Waals surface area contributed by atoms with Gasteiger partial charge in [-0.3, -0.25) is 0 Å². The van der Waals surface area contributed by atoms with E-state index in [0.29, 0.717) is 0 Å². The van der Waals surface area contributed by atoms with Crippen LogP contribution in [0.25, 0.3) is 0 Å². The topological polar surface area (TPSA) is 20.2 Å². The molecule has 0 saturated heterocycles. The second-order valence-electron chi connectivity index (χ2n) is 1.84. The van der Waals surface area contributed by atoms with Gasteiger partial charge in [-0.1, -0.05) is 12.2 Å². The lowest BCUT2D eigenvalue weighted by molar-refractivity contribution is 0.298. The number of rotatable bonds is 1. The molecule has 9 heavy (non-hydrogen) atoms. The molecule has 0 aromatic rings. The Morgan fingerprint density at radius 3 is 2.89 bits per heavy atom.